The lowest BCUT2D eigenvalue weighted by molar-refractivity contribution is 0.494. The van der Waals surface area contributed by atoms with Crippen molar-refractivity contribution in [3.8, 4) is 0 Å². The summed E-state index contributed by atoms with van der Waals surface area (Å²) in [7, 11) is 0. The van der Waals surface area contributed by atoms with Crippen LogP contribution < -0.4 is 4.90 Å². The smallest absolute Gasteiger partial charge is 0.135 e. The second kappa shape index (κ2) is 5.13. The highest BCUT2D eigenvalue weighted by atomic mass is 15.3. The maximum atomic E-state index is 4.59. The van der Waals surface area contributed by atoms with Crippen LogP contribution in [0.25, 0.3) is 0 Å². The lowest BCUT2D eigenvalue weighted by atomic mass is 9.96. The van der Waals surface area contributed by atoms with E-state index in [1.54, 1.807) is 6.33 Å². The van der Waals surface area contributed by atoms with E-state index in [9.17, 15) is 0 Å². The molecule has 0 aromatic carbocycles. The van der Waals surface area contributed by atoms with Gasteiger partial charge in [0, 0.05) is 30.5 Å². The number of fused-ring (bicyclic) bond motifs is 1. The topological polar surface area (TPSA) is 46.8 Å². The van der Waals surface area contributed by atoms with Crippen molar-refractivity contribution in [3.05, 3.63) is 35.5 Å². The van der Waals surface area contributed by atoms with Crippen LogP contribution >= 0.6 is 0 Å². The molecule has 4 rings (SSSR count). The number of hydrogen-bond acceptors (Lipinski definition) is 4. The summed E-state index contributed by atoms with van der Waals surface area (Å²) in [4.78, 5) is 11.5. The molecule has 0 N–H and O–H groups in total. The van der Waals surface area contributed by atoms with Crippen LogP contribution in [0.15, 0.2) is 18.7 Å². The third-order valence-electron chi connectivity index (χ3n) is 4.67. The molecule has 2 aromatic heterocycles. The Morgan fingerprint density at radius 3 is 2.95 bits per heavy atom. The molecule has 110 valence electrons. The zero-order valence-electron chi connectivity index (χ0n) is 12.5. The molecule has 2 aliphatic rings. The van der Waals surface area contributed by atoms with Crippen LogP contribution in [0.3, 0.4) is 0 Å². The van der Waals surface area contributed by atoms with Gasteiger partial charge in [0.15, 0.2) is 0 Å². The molecule has 3 heterocycles. The van der Waals surface area contributed by atoms with Gasteiger partial charge in [-0.25, -0.2) is 9.97 Å². The molecule has 5 heteroatoms. The molecule has 0 spiro atoms. The van der Waals surface area contributed by atoms with Gasteiger partial charge in [-0.1, -0.05) is 0 Å². The van der Waals surface area contributed by atoms with Crippen LogP contribution in [0.2, 0.25) is 0 Å². The van der Waals surface area contributed by atoms with Crippen LogP contribution in [-0.2, 0) is 12.8 Å². The lowest BCUT2D eigenvalue weighted by Crippen LogP contribution is -2.25. The molecule has 2 aromatic rings. The molecule has 1 atom stereocenters. The molecule has 1 fully saturated rings. The molecule has 0 bridgehead atoms. The summed E-state index contributed by atoms with van der Waals surface area (Å²) in [5, 5.41) is 4.47. The SMILES string of the molecule is Cc1cnn(C2CCN(c3ncnc4c3CCCC4)C2)c1. The van der Waals surface area contributed by atoms with Gasteiger partial charge in [0.2, 0.25) is 0 Å². The molecular weight excluding hydrogens is 262 g/mol. The van der Waals surface area contributed by atoms with E-state index in [0.29, 0.717) is 6.04 Å². The van der Waals surface area contributed by atoms with Crippen molar-refractivity contribution in [2.24, 2.45) is 0 Å². The van der Waals surface area contributed by atoms with E-state index < -0.39 is 0 Å². The third-order valence-corrected chi connectivity index (χ3v) is 4.67. The van der Waals surface area contributed by atoms with E-state index in [1.807, 2.05) is 6.20 Å². The molecule has 0 saturated carbocycles. The van der Waals surface area contributed by atoms with Crippen LogP contribution in [0, 0.1) is 6.92 Å². The zero-order valence-corrected chi connectivity index (χ0v) is 12.5. The standard InChI is InChI=1S/C16H21N5/c1-12-8-19-21(9-12)13-6-7-20(10-13)16-14-4-2-3-5-15(14)17-11-18-16/h8-9,11,13H,2-7,10H2,1H3. The van der Waals surface area contributed by atoms with Gasteiger partial charge in [-0.05, 0) is 44.6 Å². The molecule has 1 saturated heterocycles. The van der Waals surface area contributed by atoms with Crippen molar-refractivity contribution in [1.82, 2.24) is 19.7 Å². The van der Waals surface area contributed by atoms with Gasteiger partial charge in [0.05, 0.1) is 12.2 Å². The van der Waals surface area contributed by atoms with E-state index in [1.165, 1.54) is 35.5 Å². The fraction of sp³-hybridized carbons (Fsp3) is 0.562. The highest BCUT2D eigenvalue weighted by Crippen LogP contribution is 2.31. The molecule has 1 aliphatic carbocycles. The van der Waals surface area contributed by atoms with Crippen molar-refractivity contribution in [2.45, 2.75) is 45.1 Å². The maximum Gasteiger partial charge on any atom is 0.135 e. The summed E-state index contributed by atoms with van der Waals surface area (Å²) in [6.07, 6.45) is 11.7. The molecule has 21 heavy (non-hydrogen) atoms. The number of aromatic nitrogens is 4. The van der Waals surface area contributed by atoms with Crippen molar-refractivity contribution in [3.63, 3.8) is 0 Å². The van der Waals surface area contributed by atoms with Crippen molar-refractivity contribution in [1.29, 1.82) is 0 Å². The van der Waals surface area contributed by atoms with Crippen LogP contribution in [0.1, 0.15) is 42.1 Å². The fourth-order valence-corrected chi connectivity index (χ4v) is 3.56. The van der Waals surface area contributed by atoms with Gasteiger partial charge in [-0.2, -0.15) is 5.10 Å². The van der Waals surface area contributed by atoms with E-state index in [0.717, 1.165) is 32.4 Å². The summed E-state index contributed by atoms with van der Waals surface area (Å²) in [5.74, 6) is 1.17. The lowest BCUT2D eigenvalue weighted by Gasteiger charge is -2.24. The van der Waals surface area contributed by atoms with Gasteiger partial charge >= 0.3 is 0 Å². The highest BCUT2D eigenvalue weighted by molar-refractivity contribution is 5.50. The Balaban J connectivity index is 1.58. The Morgan fingerprint density at radius 1 is 1.19 bits per heavy atom. The number of aryl methyl sites for hydroxylation is 2. The second-order valence-electron chi connectivity index (χ2n) is 6.22. The van der Waals surface area contributed by atoms with Gasteiger partial charge < -0.3 is 4.90 Å². The predicted molar refractivity (Wildman–Crippen MR) is 81.5 cm³/mol. The molecule has 1 aliphatic heterocycles. The third kappa shape index (κ3) is 2.30. The fourth-order valence-electron chi connectivity index (χ4n) is 3.56. The Bertz CT molecular complexity index is 648. The minimum Gasteiger partial charge on any atom is -0.354 e. The predicted octanol–water partition coefficient (Wildman–Crippen LogP) is 2.31. The molecular formula is C16H21N5. The first-order valence-electron chi connectivity index (χ1n) is 7.90. The van der Waals surface area contributed by atoms with Crippen molar-refractivity contribution < 1.29 is 0 Å². The van der Waals surface area contributed by atoms with Crippen LogP contribution in [0.5, 0.6) is 0 Å². The monoisotopic (exact) mass is 283 g/mol. The van der Waals surface area contributed by atoms with Gasteiger partial charge in [0.1, 0.15) is 12.1 Å². The minimum absolute atomic E-state index is 0.466. The average molecular weight is 283 g/mol. The molecule has 1 unspecified atom stereocenters. The van der Waals surface area contributed by atoms with E-state index in [2.05, 4.69) is 37.8 Å². The molecule has 5 nitrogen and oxygen atoms in total. The Labute approximate surface area is 125 Å². The van der Waals surface area contributed by atoms with Crippen molar-refractivity contribution >= 4 is 5.82 Å². The number of anilines is 1. The van der Waals surface area contributed by atoms with Gasteiger partial charge in [-0.15, -0.1) is 0 Å². The Kier molecular flexibility index (Phi) is 3.13. The zero-order chi connectivity index (χ0) is 14.2. The number of hydrogen-bond donors (Lipinski definition) is 0. The van der Waals surface area contributed by atoms with Crippen LogP contribution in [-0.4, -0.2) is 32.8 Å². The summed E-state index contributed by atoms with van der Waals surface area (Å²) in [5.41, 5.74) is 3.89. The average Bonchev–Trinajstić information content (AvgIpc) is 3.15. The molecule has 0 amide bonds. The number of nitrogens with zero attached hydrogens (tertiary/aromatic N) is 5. The van der Waals surface area contributed by atoms with Crippen molar-refractivity contribution in [2.75, 3.05) is 18.0 Å². The normalized spacial score (nSPS) is 21.6. The van der Waals surface area contributed by atoms with Gasteiger partial charge in [-0.3, -0.25) is 4.68 Å². The summed E-state index contributed by atoms with van der Waals surface area (Å²) >= 11 is 0. The van der Waals surface area contributed by atoms with Crippen LogP contribution in [0.4, 0.5) is 5.82 Å². The summed E-state index contributed by atoms with van der Waals surface area (Å²) in [6, 6.07) is 0.466. The second-order valence-corrected chi connectivity index (χ2v) is 6.22. The Morgan fingerprint density at radius 2 is 2.10 bits per heavy atom. The molecule has 0 radical (unpaired) electrons. The first-order chi connectivity index (χ1) is 10.3. The summed E-state index contributed by atoms with van der Waals surface area (Å²) in [6.45, 7) is 4.16. The largest absolute Gasteiger partial charge is 0.354 e. The van der Waals surface area contributed by atoms with E-state index in [4.69, 9.17) is 0 Å². The van der Waals surface area contributed by atoms with E-state index in [-0.39, 0.29) is 0 Å². The minimum atomic E-state index is 0.466. The first kappa shape index (κ1) is 12.8. The highest BCUT2D eigenvalue weighted by Gasteiger charge is 2.28. The quantitative estimate of drug-likeness (QED) is 0.848. The maximum absolute atomic E-state index is 4.59. The summed E-state index contributed by atoms with van der Waals surface area (Å²) < 4.78 is 2.11. The Hall–Kier alpha value is -1.91. The first-order valence-corrected chi connectivity index (χ1v) is 7.90. The number of rotatable bonds is 2. The van der Waals surface area contributed by atoms with E-state index >= 15 is 0 Å². The van der Waals surface area contributed by atoms with Gasteiger partial charge in [0.25, 0.3) is 0 Å².